The number of fused-ring (bicyclic) bond motifs is 6. The van der Waals surface area contributed by atoms with Crippen LogP contribution in [-0.2, 0) is 40.4 Å². The standard InChI is InChI=1S/C18H24.C9H12.3HI.V/c1-16(2)7-10-13(16)11-8-17(3,4)15(11)12-9-18(5,6)14(10)12;1-7-4-8(2)6-9(3)5-7;;;;/h7-9H2,1-6H3;4-6H,1-3H3;3*1H;/q;;;;;+3/p-3. The van der Waals surface area contributed by atoms with Gasteiger partial charge in [0.25, 0.3) is 0 Å². The van der Waals surface area contributed by atoms with E-state index in [-0.39, 0.29) is 4.92 Å². The summed E-state index contributed by atoms with van der Waals surface area (Å²) in [5, 5.41) is 0. The molecule has 0 radical (unpaired) electrons. The van der Waals surface area contributed by atoms with Crippen molar-refractivity contribution in [2.45, 2.75) is 97.8 Å². The third-order valence-electron chi connectivity index (χ3n) is 7.06. The van der Waals surface area contributed by atoms with Crippen molar-refractivity contribution in [2.75, 3.05) is 0 Å². The fraction of sp³-hybridized carbons (Fsp3) is 0.556. The summed E-state index contributed by atoms with van der Waals surface area (Å²) < 4.78 is 0. The van der Waals surface area contributed by atoms with Gasteiger partial charge in [-0.2, -0.15) is 0 Å². The van der Waals surface area contributed by atoms with Gasteiger partial charge in [-0.05, 0) is 89.7 Å². The minimum absolute atomic E-state index is 0.278. The van der Waals surface area contributed by atoms with Gasteiger partial charge in [0.2, 0.25) is 0 Å². The number of rotatable bonds is 0. The van der Waals surface area contributed by atoms with Gasteiger partial charge < -0.3 is 0 Å². The fourth-order valence-electron chi connectivity index (χ4n) is 6.38. The molecule has 0 amide bonds. The third kappa shape index (κ3) is 5.40. The van der Waals surface area contributed by atoms with Crippen LogP contribution in [0.1, 0.15) is 91.6 Å². The van der Waals surface area contributed by atoms with Crippen LogP contribution < -0.4 is 0 Å². The molecular weight excluding hydrogens is 756 g/mol. The van der Waals surface area contributed by atoms with Crippen LogP contribution in [0.2, 0.25) is 0 Å². The molecule has 0 N–H and O–H groups in total. The summed E-state index contributed by atoms with van der Waals surface area (Å²) in [6, 6.07) is 6.56. The van der Waals surface area contributed by atoms with Gasteiger partial charge in [-0.1, -0.05) is 76.4 Å². The van der Waals surface area contributed by atoms with Crippen LogP contribution in [0.5, 0.6) is 0 Å². The molecule has 0 spiro atoms. The van der Waals surface area contributed by atoms with Gasteiger partial charge in [0, 0.05) is 0 Å². The molecule has 0 heterocycles. The first-order valence-corrected chi connectivity index (χ1v) is 24.6. The number of benzene rings is 2. The molecule has 4 heteroatoms. The Labute approximate surface area is 228 Å². The van der Waals surface area contributed by atoms with Crippen molar-refractivity contribution in [3.05, 3.63) is 68.3 Å². The Bertz CT molecular complexity index is 856. The summed E-state index contributed by atoms with van der Waals surface area (Å²) in [5.41, 5.74) is 15.8. The first kappa shape index (κ1) is 26.8. The number of aryl methyl sites for hydroxylation is 3. The van der Waals surface area contributed by atoms with Gasteiger partial charge in [-0.25, -0.2) is 0 Å². The second-order valence-corrected chi connectivity index (χ2v) is 47.0. The maximum atomic E-state index is 2.46. The summed E-state index contributed by atoms with van der Waals surface area (Å²) in [4.78, 5) is -0.278. The van der Waals surface area contributed by atoms with Crippen molar-refractivity contribution < 1.29 is 4.92 Å². The van der Waals surface area contributed by atoms with Gasteiger partial charge in [0.15, 0.2) is 0 Å². The van der Waals surface area contributed by atoms with Crippen LogP contribution in [0.4, 0.5) is 0 Å². The molecule has 0 nitrogen and oxygen atoms in total. The molecule has 0 fully saturated rings. The van der Waals surface area contributed by atoms with Crippen molar-refractivity contribution >= 4 is 59.9 Å². The summed E-state index contributed by atoms with van der Waals surface area (Å²) >= 11 is 7.39. The summed E-state index contributed by atoms with van der Waals surface area (Å²) in [6.07, 6.45) is 3.92. The van der Waals surface area contributed by atoms with E-state index in [0.717, 1.165) is 0 Å². The molecule has 0 aromatic heterocycles. The van der Waals surface area contributed by atoms with E-state index >= 15 is 0 Å². The molecule has 0 saturated heterocycles. The van der Waals surface area contributed by atoms with E-state index in [2.05, 4.69) is 140 Å². The van der Waals surface area contributed by atoms with E-state index in [1.807, 2.05) is 0 Å². The van der Waals surface area contributed by atoms with E-state index in [1.54, 1.807) is 33.4 Å². The van der Waals surface area contributed by atoms with E-state index in [4.69, 9.17) is 0 Å². The summed E-state index contributed by atoms with van der Waals surface area (Å²) in [6.45, 7) is 21.0. The van der Waals surface area contributed by atoms with Gasteiger partial charge in [0.1, 0.15) is 0 Å². The molecule has 2 aromatic carbocycles. The molecule has 0 unspecified atom stereocenters. The van der Waals surface area contributed by atoms with Crippen LogP contribution >= 0.6 is 59.9 Å². The zero-order valence-corrected chi connectivity index (χ0v) is 28.3. The van der Waals surface area contributed by atoms with Crippen molar-refractivity contribution in [3.8, 4) is 0 Å². The third-order valence-corrected chi connectivity index (χ3v) is 7.06. The Morgan fingerprint density at radius 1 is 0.548 bits per heavy atom. The average Bonchev–Trinajstić information content (AvgIpc) is 2.50. The molecule has 170 valence electrons. The molecular formula is C27H36I3V. The molecule has 0 saturated carbocycles. The predicted molar refractivity (Wildman–Crippen MR) is 159 cm³/mol. The second-order valence-electron chi connectivity index (χ2n) is 11.6. The molecule has 31 heavy (non-hydrogen) atoms. The summed E-state index contributed by atoms with van der Waals surface area (Å²) in [7, 11) is 0. The van der Waals surface area contributed by atoms with Crippen LogP contribution in [0, 0.1) is 20.8 Å². The molecule has 5 rings (SSSR count). The first-order chi connectivity index (χ1) is 14.1. The second kappa shape index (κ2) is 9.35. The average molecular weight is 792 g/mol. The molecule has 0 atom stereocenters. The normalized spacial score (nSPS) is 19.6. The Kier molecular flexibility index (Phi) is 8.08. The number of hydrogen-bond donors (Lipinski definition) is 0. The number of halogens is 3. The van der Waals surface area contributed by atoms with Crippen molar-refractivity contribution in [1.29, 1.82) is 0 Å². The van der Waals surface area contributed by atoms with Crippen LogP contribution in [0.15, 0.2) is 18.2 Å². The van der Waals surface area contributed by atoms with E-state index in [0.29, 0.717) is 16.2 Å². The van der Waals surface area contributed by atoms with E-state index in [1.165, 1.54) is 36.0 Å². The Balaban J connectivity index is 0.000000176. The molecule has 0 bridgehead atoms. The Hall–Kier alpha value is 1.21. The zero-order valence-electron chi connectivity index (χ0n) is 20.4. The Morgan fingerprint density at radius 2 is 0.742 bits per heavy atom. The van der Waals surface area contributed by atoms with Crippen molar-refractivity contribution in [3.63, 3.8) is 0 Å². The summed E-state index contributed by atoms with van der Waals surface area (Å²) in [5.74, 6) is 0. The molecule has 2 aromatic rings. The molecule has 3 aliphatic carbocycles. The minimum atomic E-state index is -0.278. The van der Waals surface area contributed by atoms with Gasteiger partial charge in [0.05, 0.1) is 0 Å². The van der Waals surface area contributed by atoms with Crippen LogP contribution in [0.3, 0.4) is 0 Å². The van der Waals surface area contributed by atoms with E-state index in [9.17, 15) is 0 Å². The monoisotopic (exact) mass is 792 g/mol. The first-order valence-electron chi connectivity index (χ1n) is 11.1. The number of hydrogen-bond acceptors (Lipinski definition) is 0. The fourth-order valence-corrected chi connectivity index (χ4v) is 6.38. The Morgan fingerprint density at radius 3 is 0.903 bits per heavy atom. The maximum absolute atomic E-state index is 2.46. The van der Waals surface area contributed by atoms with Crippen LogP contribution in [0.25, 0.3) is 0 Å². The molecule has 3 aliphatic rings. The SMILES string of the molecule is CC1(C)Cc2c1c1c(c3c2C(C)(C)C3)C(C)(C)C1.Cc1cc(C)cc(C)c1.[I][V]([I])[I]. The van der Waals surface area contributed by atoms with Gasteiger partial charge >= 0.3 is 64.9 Å². The topological polar surface area (TPSA) is 0 Å². The van der Waals surface area contributed by atoms with Crippen molar-refractivity contribution in [1.82, 2.24) is 0 Å². The van der Waals surface area contributed by atoms with Crippen molar-refractivity contribution in [2.24, 2.45) is 0 Å². The van der Waals surface area contributed by atoms with E-state index < -0.39 is 0 Å². The van der Waals surface area contributed by atoms with Crippen LogP contribution in [-0.4, -0.2) is 0 Å². The molecule has 0 aliphatic heterocycles. The predicted octanol–water partition coefficient (Wildman–Crippen LogP) is 9.45. The van der Waals surface area contributed by atoms with Gasteiger partial charge in [-0.15, -0.1) is 0 Å². The zero-order chi connectivity index (χ0) is 23.5. The van der Waals surface area contributed by atoms with Gasteiger partial charge in [-0.3, -0.25) is 0 Å². The quantitative estimate of drug-likeness (QED) is 0.234.